The smallest absolute Gasteiger partial charge is 0.275 e. The molecule has 0 spiro atoms. The van der Waals surface area contributed by atoms with Crippen molar-refractivity contribution < 1.29 is 9.53 Å². The van der Waals surface area contributed by atoms with E-state index in [2.05, 4.69) is 29.4 Å². The van der Waals surface area contributed by atoms with Crippen LogP contribution in [-0.2, 0) is 0 Å². The summed E-state index contributed by atoms with van der Waals surface area (Å²) < 4.78 is 6.99. The fourth-order valence-electron chi connectivity index (χ4n) is 2.91. The highest BCUT2D eigenvalue weighted by Crippen LogP contribution is 2.34. The van der Waals surface area contributed by atoms with Crippen LogP contribution >= 0.6 is 0 Å². The summed E-state index contributed by atoms with van der Waals surface area (Å²) in [6.07, 6.45) is 4.21. The molecule has 6 heteroatoms. The van der Waals surface area contributed by atoms with Gasteiger partial charge in [-0.15, -0.1) is 0 Å². The first-order valence-electron chi connectivity index (χ1n) is 8.24. The van der Waals surface area contributed by atoms with E-state index in [-0.39, 0.29) is 5.91 Å². The van der Waals surface area contributed by atoms with Crippen LogP contribution in [0, 0.1) is 5.92 Å². The molecule has 0 bridgehead atoms. The maximum Gasteiger partial charge on any atom is 0.275 e. The van der Waals surface area contributed by atoms with Crippen LogP contribution in [0.15, 0.2) is 36.5 Å². The number of methoxy groups -OCH3 is 1. The third-order valence-electron chi connectivity index (χ3n) is 4.44. The number of rotatable bonds is 7. The molecule has 0 radical (unpaired) electrons. The van der Waals surface area contributed by atoms with E-state index in [0.29, 0.717) is 29.9 Å². The van der Waals surface area contributed by atoms with Crippen LogP contribution in [-0.4, -0.2) is 54.4 Å². The Labute approximate surface area is 142 Å². The Morgan fingerprint density at radius 3 is 2.67 bits per heavy atom. The number of likely N-dealkylation sites (N-methyl/N-ethyl adjacent to an activating group) is 1. The van der Waals surface area contributed by atoms with Crippen molar-refractivity contribution in [1.82, 2.24) is 20.0 Å². The predicted molar refractivity (Wildman–Crippen MR) is 92.6 cm³/mol. The van der Waals surface area contributed by atoms with E-state index in [4.69, 9.17) is 4.74 Å². The average Bonchev–Trinajstić information content (AvgIpc) is 3.32. The van der Waals surface area contributed by atoms with Gasteiger partial charge in [-0.2, -0.15) is 5.10 Å². The normalized spacial score (nSPS) is 15.3. The van der Waals surface area contributed by atoms with Gasteiger partial charge in [-0.25, -0.2) is 4.68 Å². The molecule has 1 heterocycles. The number of hydrogen-bond acceptors (Lipinski definition) is 4. The Balaban J connectivity index is 1.73. The molecule has 128 valence electrons. The van der Waals surface area contributed by atoms with Gasteiger partial charge in [0.25, 0.3) is 5.91 Å². The summed E-state index contributed by atoms with van der Waals surface area (Å²) in [5.74, 6) is 0.960. The molecule has 1 aliphatic rings. The highest BCUT2D eigenvalue weighted by molar-refractivity contribution is 5.95. The van der Waals surface area contributed by atoms with Crippen molar-refractivity contribution in [2.24, 2.45) is 5.92 Å². The maximum absolute atomic E-state index is 12.6. The van der Waals surface area contributed by atoms with Crippen LogP contribution in [0.2, 0.25) is 0 Å². The standard InChI is InChI=1S/C18H24N4O2/c1-21(2)15(13-9-10-13)11-19-18(23)17-16(24-3)12-22(20-17)14-7-5-4-6-8-14/h4-8,12-13,15H,9-11H2,1-3H3,(H,19,23)/t15-/m0/s1. The largest absolute Gasteiger partial charge is 0.493 e. The van der Waals surface area contributed by atoms with E-state index in [9.17, 15) is 4.79 Å². The Morgan fingerprint density at radius 2 is 2.08 bits per heavy atom. The van der Waals surface area contributed by atoms with Crippen molar-refractivity contribution in [3.8, 4) is 11.4 Å². The van der Waals surface area contributed by atoms with Crippen LogP contribution in [0.5, 0.6) is 5.75 Å². The van der Waals surface area contributed by atoms with Gasteiger partial charge < -0.3 is 15.0 Å². The lowest BCUT2D eigenvalue weighted by Gasteiger charge is -2.24. The molecule has 0 unspecified atom stereocenters. The van der Waals surface area contributed by atoms with E-state index in [0.717, 1.165) is 5.69 Å². The minimum absolute atomic E-state index is 0.200. The molecule has 2 aromatic rings. The third-order valence-corrected chi connectivity index (χ3v) is 4.44. The van der Waals surface area contributed by atoms with E-state index in [1.165, 1.54) is 12.8 Å². The van der Waals surface area contributed by atoms with Crippen LogP contribution in [0.25, 0.3) is 5.69 Å². The van der Waals surface area contributed by atoms with Gasteiger partial charge in [0.05, 0.1) is 19.0 Å². The molecule has 1 N–H and O–H groups in total. The number of aromatic nitrogens is 2. The van der Waals surface area contributed by atoms with Crippen LogP contribution in [0.3, 0.4) is 0 Å². The molecule has 1 atom stereocenters. The summed E-state index contributed by atoms with van der Waals surface area (Å²) in [6.45, 7) is 0.623. The third kappa shape index (κ3) is 3.59. The van der Waals surface area contributed by atoms with Crippen LogP contribution in [0.1, 0.15) is 23.3 Å². The molecule has 3 rings (SSSR count). The number of ether oxygens (including phenoxy) is 1. The number of para-hydroxylation sites is 1. The topological polar surface area (TPSA) is 59.4 Å². The van der Waals surface area contributed by atoms with Gasteiger partial charge in [0, 0.05) is 12.6 Å². The lowest BCUT2D eigenvalue weighted by atomic mass is 10.1. The molecule has 1 fully saturated rings. The van der Waals surface area contributed by atoms with Crippen LogP contribution in [0.4, 0.5) is 0 Å². The van der Waals surface area contributed by atoms with E-state index in [1.54, 1.807) is 18.0 Å². The first kappa shape index (κ1) is 16.5. The molecule has 1 aromatic heterocycles. The van der Waals surface area contributed by atoms with Crippen molar-refractivity contribution >= 4 is 5.91 Å². The number of nitrogens with one attached hydrogen (secondary N) is 1. The Kier molecular flexibility index (Phi) is 4.85. The van der Waals surface area contributed by atoms with Crippen molar-refractivity contribution in [2.75, 3.05) is 27.7 Å². The van der Waals surface area contributed by atoms with E-state index >= 15 is 0 Å². The quantitative estimate of drug-likeness (QED) is 0.844. The van der Waals surface area contributed by atoms with E-state index in [1.807, 2.05) is 30.3 Å². The molecular weight excluding hydrogens is 304 g/mol. The van der Waals surface area contributed by atoms with E-state index < -0.39 is 0 Å². The van der Waals surface area contributed by atoms with Crippen molar-refractivity contribution in [1.29, 1.82) is 0 Å². The second-order valence-corrected chi connectivity index (χ2v) is 6.40. The monoisotopic (exact) mass is 328 g/mol. The second kappa shape index (κ2) is 7.05. The summed E-state index contributed by atoms with van der Waals surface area (Å²) in [6, 6.07) is 10.0. The lowest BCUT2D eigenvalue weighted by Crippen LogP contribution is -2.41. The van der Waals surface area contributed by atoms with Gasteiger partial charge in [-0.05, 0) is 45.0 Å². The van der Waals surface area contributed by atoms with Crippen molar-refractivity contribution in [3.05, 3.63) is 42.2 Å². The minimum Gasteiger partial charge on any atom is -0.493 e. The fourth-order valence-corrected chi connectivity index (χ4v) is 2.91. The number of carbonyl (C=O) groups excluding carboxylic acids is 1. The molecular formula is C18H24N4O2. The molecule has 0 saturated heterocycles. The predicted octanol–water partition coefficient (Wildman–Crippen LogP) is 1.95. The van der Waals surface area contributed by atoms with Crippen molar-refractivity contribution in [3.63, 3.8) is 0 Å². The van der Waals surface area contributed by atoms with Gasteiger partial charge in [-0.3, -0.25) is 4.79 Å². The highest BCUT2D eigenvalue weighted by Gasteiger charge is 2.33. The van der Waals surface area contributed by atoms with Gasteiger partial charge in [0.1, 0.15) is 0 Å². The first-order chi connectivity index (χ1) is 11.6. The summed E-state index contributed by atoms with van der Waals surface area (Å²) in [5, 5.41) is 7.41. The van der Waals surface area contributed by atoms with Crippen LogP contribution < -0.4 is 10.1 Å². The zero-order valence-corrected chi connectivity index (χ0v) is 14.4. The highest BCUT2D eigenvalue weighted by atomic mass is 16.5. The molecule has 1 amide bonds. The lowest BCUT2D eigenvalue weighted by molar-refractivity contribution is 0.0930. The summed E-state index contributed by atoms with van der Waals surface area (Å²) >= 11 is 0. The zero-order valence-electron chi connectivity index (χ0n) is 14.4. The molecule has 0 aliphatic heterocycles. The number of carbonyl (C=O) groups is 1. The summed E-state index contributed by atoms with van der Waals surface area (Å²) in [7, 11) is 5.66. The zero-order chi connectivity index (χ0) is 17.1. The van der Waals surface area contributed by atoms with Crippen molar-refractivity contribution in [2.45, 2.75) is 18.9 Å². The van der Waals surface area contributed by atoms with Gasteiger partial charge in [0.2, 0.25) is 0 Å². The Morgan fingerprint density at radius 1 is 1.38 bits per heavy atom. The number of hydrogen-bond donors (Lipinski definition) is 1. The van der Waals surface area contributed by atoms with Gasteiger partial charge in [0.15, 0.2) is 11.4 Å². The SMILES string of the molecule is COc1cn(-c2ccccc2)nc1C(=O)NC[C@@H](C1CC1)N(C)C. The Hall–Kier alpha value is -2.34. The molecule has 1 aliphatic carbocycles. The Bertz CT molecular complexity index is 690. The maximum atomic E-state index is 12.6. The summed E-state index contributed by atoms with van der Waals surface area (Å²) in [5.41, 5.74) is 1.20. The molecule has 6 nitrogen and oxygen atoms in total. The number of benzene rings is 1. The summed E-state index contributed by atoms with van der Waals surface area (Å²) in [4.78, 5) is 14.7. The average molecular weight is 328 g/mol. The molecule has 1 aromatic carbocycles. The second-order valence-electron chi connectivity index (χ2n) is 6.40. The number of amides is 1. The fraction of sp³-hybridized carbons (Fsp3) is 0.444. The number of nitrogens with zero attached hydrogens (tertiary/aromatic N) is 3. The van der Waals surface area contributed by atoms with Gasteiger partial charge in [-0.1, -0.05) is 18.2 Å². The first-order valence-corrected chi connectivity index (χ1v) is 8.24. The minimum atomic E-state index is -0.200. The molecule has 1 saturated carbocycles. The van der Waals surface area contributed by atoms with Gasteiger partial charge >= 0.3 is 0 Å². The molecule has 24 heavy (non-hydrogen) atoms.